The van der Waals surface area contributed by atoms with Gasteiger partial charge < -0.3 is 5.73 Å². The van der Waals surface area contributed by atoms with Crippen molar-refractivity contribution in [2.24, 2.45) is 5.73 Å². The zero-order valence-electron chi connectivity index (χ0n) is 6.18. The van der Waals surface area contributed by atoms with E-state index < -0.39 is 0 Å². The van der Waals surface area contributed by atoms with Gasteiger partial charge in [-0.1, -0.05) is 0 Å². The van der Waals surface area contributed by atoms with Crippen LogP contribution in [0, 0.1) is 0 Å². The number of thioether (sulfide) groups is 1. The maximum absolute atomic E-state index is 10.8. The van der Waals surface area contributed by atoms with Crippen molar-refractivity contribution in [2.45, 2.75) is 24.6 Å². The van der Waals surface area contributed by atoms with Gasteiger partial charge in [0.05, 0.1) is 0 Å². The molecule has 0 saturated carbocycles. The lowest BCUT2D eigenvalue weighted by molar-refractivity contribution is -0.120. The molecule has 3 nitrogen and oxygen atoms in total. The van der Waals surface area contributed by atoms with Crippen molar-refractivity contribution in [2.75, 3.05) is 5.88 Å². The van der Waals surface area contributed by atoms with Crippen molar-refractivity contribution in [1.29, 1.82) is 0 Å². The Labute approximate surface area is 64.7 Å². The standard InChI is InChI=1S/C6H12N2OS/c1-6(2)4(5(7)9)8-3-10-6/h4,8H,3H2,1-2H3,(H2,7,9). The van der Waals surface area contributed by atoms with E-state index in [1.54, 1.807) is 11.8 Å². The molecule has 1 rings (SSSR count). The highest BCUT2D eigenvalue weighted by molar-refractivity contribution is 8.00. The summed E-state index contributed by atoms with van der Waals surface area (Å²) in [6.07, 6.45) is 0. The van der Waals surface area contributed by atoms with Crippen LogP contribution in [0.5, 0.6) is 0 Å². The SMILES string of the molecule is CC1(C)SCNC1C(N)=O. The molecule has 1 fully saturated rings. The van der Waals surface area contributed by atoms with E-state index in [4.69, 9.17) is 5.73 Å². The van der Waals surface area contributed by atoms with Crippen LogP contribution in [0.3, 0.4) is 0 Å². The average Bonchev–Trinajstić information content (AvgIpc) is 2.08. The van der Waals surface area contributed by atoms with Gasteiger partial charge in [-0.05, 0) is 13.8 Å². The van der Waals surface area contributed by atoms with Crippen molar-refractivity contribution in [3.63, 3.8) is 0 Å². The van der Waals surface area contributed by atoms with Gasteiger partial charge in [0.1, 0.15) is 6.04 Å². The zero-order chi connectivity index (χ0) is 7.78. The summed E-state index contributed by atoms with van der Waals surface area (Å²) in [5.74, 6) is 0.565. The lowest BCUT2D eigenvalue weighted by atomic mass is 10.0. The Morgan fingerprint density at radius 1 is 1.80 bits per heavy atom. The van der Waals surface area contributed by atoms with Crippen LogP contribution in [0.1, 0.15) is 13.8 Å². The number of primary amides is 1. The Bertz CT molecular complexity index is 158. The van der Waals surface area contributed by atoms with Gasteiger partial charge in [0.15, 0.2) is 0 Å². The molecular weight excluding hydrogens is 148 g/mol. The van der Waals surface area contributed by atoms with Gasteiger partial charge in [-0.2, -0.15) is 0 Å². The molecule has 1 saturated heterocycles. The minimum atomic E-state index is -0.255. The molecule has 4 heteroatoms. The molecule has 1 aliphatic rings. The minimum Gasteiger partial charge on any atom is -0.368 e. The maximum atomic E-state index is 10.8. The van der Waals surface area contributed by atoms with Crippen LogP contribution in [0.15, 0.2) is 0 Å². The van der Waals surface area contributed by atoms with Crippen molar-refractivity contribution < 1.29 is 4.79 Å². The van der Waals surface area contributed by atoms with E-state index >= 15 is 0 Å². The second-order valence-electron chi connectivity index (χ2n) is 2.93. The first-order chi connectivity index (χ1) is 4.54. The van der Waals surface area contributed by atoms with Crippen LogP contribution in [-0.2, 0) is 4.79 Å². The monoisotopic (exact) mass is 160 g/mol. The minimum absolute atomic E-state index is 0.0359. The fraction of sp³-hybridized carbons (Fsp3) is 0.833. The third-order valence-electron chi connectivity index (χ3n) is 1.71. The Kier molecular flexibility index (Phi) is 1.92. The largest absolute Gasteiger partial charge is 0.368 e. The smallest absolute Gasteiger partial charge is 0.236 e. The lowest BCUT2D eigenvalue weighted by Crippen LogP contribution is -2.47. The number of amides is 1. The van der Waals surface area contributed by atoms with Gasteiger partial charge in [-0.15, -0.1) is 11.8 Å². The molecule has 0 aromatic heterocycles. The Morgan fingerprint density at radius 2 is 2.40 bits per heavy atom. The zero-order valence-corrected chi connectivity index (χ0v) is 6.99. The summed E-state index contributed by atoms with van der Waals surface area (Å²) in [5.41, 5.74) is 5.16. The van der Waals surface area contributed by atoms with Crippen molar-refractivity contribution in [1.82, 2.24) is 5.32 Å². The van der Waals surface area contributed by atoms with Crippen LogP contribution < -0.4 is 11.1 Å². The molecule has 1 unspecified atom stereocenters. The van der Waals surface area contributed by atoms with Gasteiger partial charge in [-0.25, -0.2) is 0 Å². The van der Waals surface area contributed by atoms with Crippen molar-refractivity contribution in [3.8, 4) is 0 Å². The first-order valence-electron chi connectivity index (χ1n) is 3.21. The molecule has 0 radical (unpaired) electrons. The van der Waals surface area contributed by atoms with E-state index in [0.717, 1.165) is 5.88 Å². The average molecular weight is 160 g/mol. The molecule has 0 aromatic carbocycles. The summed E-state index contributed by atoms with van der Waals surface area (Å²) in [6.45, 7) is 4.04. The molecule has 0 aliphatic carbocycles. The normalized spacial score (nSPS) is 30.4. The number of hydrogen-bond acceptors (Lipinski definition) is 3. The molecule has 0 aromatic rings. The first-order valence-corrected chi connectivity index (χ1v) is 4.19. The Balaban J connectivity index is 2.68. The lowest BCUT2D eigenvalue weighted by Gasteiger charge is -2.21. The summed E-state index contributed by atoms with van der Waals surface area (Å²) < 4.78 is -0.0359. The number of carbonyl (C=O) groups excluding carboxylic acids is 1. The molecule has 1 aliphatic heterocycles. The third kappa shape index (κ3) is 1.27. The summed E-state index contributed by atoms with van der Waals surface area (Å²) >= 11 is 1.72. The van der Waals surface area contributed by atoms with E-state index in [1.807, 2.05) is 13.8 Å². The Morgan fingerprint density at radius 3 is 2.60 bits per heavy atom. The van der Waals surface area contributed by atoms with Gasteiger partial charge in [0, 0.05) is 10.6 Å². The third-order valence-corrected chi connectivity index (χ3v) is 3.00. The fourth-order valence-electron chi connectivity index (χ4n) is 1.08. The molecule has 0 spiro atoms. The number of carbonyl (C=O) groups is 1. The van der Waals surface area contributed by atoms with Crippen molar-refractivity contribution in [3.05, 3.63) is 0 Å². The van der Waals surface area contributed by atoms with E-state index in [2.05, 4.69) is 5.32 Å². The number of hydrogen-bond donors (Lipinski definition) is 2. The molecular formula is C6H12N2OS. The predicted octanol–water partition coefficient (Wildman–Crippen LogP) is -0.0872. The number of nitrogens with one attached hydrogen (secondary N) is 1. The summed E-state index contributed by atoms with van der Waals surface area (Å²) in [6, 6.07) is -0.169. The van der Waals surface area contributed by atoms with Gasteiger partial charge in [0.25, 0.3) is 0 Å². The molecule has 1 amide bonds. The summed E-state index contributed by atoms with van der Waals surface area (Å²) in [5, 5.41) is 3.03. The van der Waals surface area contributed by atoms with Crippen LogP contribution in [-0.4, -0.2) is 22.6 Å². The molecule has 10 heavy (non-hydrogen) atoms. The highest BCUT2D eigenvalue weighted by atomic mass is 32.2. The van der Waals surface area contributed by atoms with Crippen LogP contribution >= 0.6 is 11.8 Å². The van der Waals surface area contributed by atoms with Gasteiger partial charge in [-0.3, -0.25) is 10.1 Å². The van der Waals surface area contributed by atoms with E-state index in [9.17, 15) is 4.79 Å². The van der Waals surface area contributed by atoms with Crippen LogP contribution in [0.25, 0.3) is 0 Å². The summed E-state index contributed by atoms with van der Waals surface area (Å²) in [7, 11) is 0. The van der Waals surface area contributed by atoms with Gasteiger partial charge >= 0.3 is 0 Å². The molecule has 1 heterocycles. The maximum Gasteiger partial charge on any atom is 0.236 e. The number of nitrogens with two attached hydrogens (primary N) is 1. The highest BCUT2D eigenvalue weighted by Gasteiger charge is 2.38. The second-order valence-corrected chi connectivity index (χ2v) is 4.56. The fourth-order valence-corrected chi connectivity index (χ4v) is 2.07. The van der Waals surface area contributed by atoms with Crippen LogP contribution in [0.2, 0.25) is 0 Å². The van der Waals surface area contributed by atoms with E-state index in [0.29, 0.717) is 0 Å². The first kappa shape index (κ1) is 7.88. The van der Waals surface area contributed by atoms with E-state index in [1.165, 1.54) is 0 Å². The van der Waals surface area contributed by atoms with E-state index in [-0.39, 0.29) is 16.7 Å². The quantitative estimate of drug-likeness (QED) is 0.564. The predicted molar refractivity (Wildman–Crippen MR) is 42.7 cm³/mol. The van der Waals surface area contributed by atoms with Gasteiger partial charge in [0.2, 0.25) is 5.91 Å². The molecule has 3 N–H and O–H groups in total. The topological polar surface area (TPSA) is 55.1 Å². The van der Waals surface area contributed by atoms with Crippen molar-refractivity contribution >= 4 is 17.7 Å². The van der Waals surface area contributed by atoms with Crippen LogP contribution in [0.4, 0.5) is 0 Å². The number of rotatable bonds is 1. The molecule has 0 bridgehead atoms. The molecule has 58 valence electrons. The molecule has 1 atom stereocenters. The highest BCUT2D eigenvalue weighted by Crippen LogP contribution is 2.32. The summed E-state index contributed by atoms with van der Waals surface area (Å²) in [4.78, 5) is 10.8. The Hall–Kier alpha value is -0.220. The second kappa shape index (κ2) is 2.43.